The van der Waals surface area contributed by atoms with Crippen molar-refractivity contribution in [1.82, 2.24) is 10.2 Å². The summed E-state index contributed by atoms with van der Waals surface area (Å²) in [7, 11) is 0. The van der Waals surface area contributed by atoms with E-state index in [0.717, 1.165) is 19.1 Å². The maximum atomic E-state index is 5.73. The number of halogens is 2. The number of rotatable bonds is 0. The molecule has 1 aromatic carbocycles. The normalized spacial score (nSPS) is 10.8. The highest BCUT2D eigenvalue weighted by atomic mass is 127. The van der Waals surface area contributed by atoms with Crippen molar-refractivity contribution < 1.29 is 0 Å². The van der Waals surface area contributed by atoms with E-state index < -0.39 is 0 Å². The molecule has 0 saturated carbocycles. The third kappa shape index (κ3) is 1.11. The second-order valence-corrected chi connectivity index (χ2v) is 4.33. The fourth-order valence-corrected chi connectivity index (χ4v) is 2.63. The molecule has 12 heavy (non-hydrogen) atoms. The van der Waals surface area contributed by atoms with Crippen LogP contribution >= 0.6 is 38.5 Å². The van der Waals surface area contributed by atoms with Gasteiger partial charge in [0, 0.05) is 9.86 Å². The summed E-state index contributed by atoms with van der Waals surface area (Å²) in [6.45, 7) is 0. The minimum Gasteiger partial charge on any atom is -0.397 e. The molecule has 0 aliphatic heterocycles. The first kappa shape index (κ1) is 8.31. The van der Waals surface area contributed by atoms with E-state index in [1.54, 1.807) is 0 Å². The lowest BCUT2D eigenvalue weighted by Crippen LogP contribution is -1.86. The van der Waals surface area contributed by atoms with Gasteiger partial charge in [0.2, 0.25) is 0 Å². The summed E-state index contributed by atoms with van der Waals surface area (Å²) >= 11 is 5.63. The molecular weight excluding hydrogens is 333 g/mol. The van der Waals surface area contributed by atoms with Gasteiger partial charge in [0.05, 0.1) is 5.69 Å². The predicted octanol–water partition coefficient (Wildman–Crippen LogP) is 2.51. The van der Waals surface area contributed by atoms with Crippen LogP contribution in [0.4, 0.5) is 5.69 Å². The number of fused-ring (bicyclic) bond motifs is 1. The average Bonchev–Trinajstić information content (AvgIpc) is 2.42. The quantitative estimate of drug-likeness (QED) is 0.573. The first-order chi connectivity index (χ1) is 5.70. The van der Waals surface area contributed by atoms with Gasteiger partial charge in [0.25, 0.3) is 0 Å². The standard InChI is InChI=1S/C7H5BrIN3/c8-3-1-2-4(10)6-5(3)7(9)12-11-6/h1-2H,10H2,(H,11,12). The molecule has 2 aromatic rings. The summed E-state index contributed by atoms with van der Waals surface area (Å²) in [6.07, 6.45) is 0. The van der Waals surface area contributed by atoms with Gasteiger partial charge < -0.3 is 5.73 Å². The van der Waals surface area contributed by atoms with Crippen molar-refractivity contribution in [2.75, 3.05) is 5.73 Å². The van der Waals surface area contributed by atoms with Crippen molar-refractivity contribution in [3.05, 3.63) is 20.3 Å². The van der Waals surface area contributed by atoms with E-state index in [1.165, 1.54) is 0 Å². The summed E-state index contributed by atoms with van der Waals surface area (Å²) in [6, 6.07) is 3.76. The highest BCUT2D eigenvalue weighted by molar-refractivity contribution is 14.1. The van der Waals surface area contributed by atoms with E-state index in [-0.39, 0.29) is 0 Å². The molecule has 0 aliphatic carbocycles. The predicted molar refractivity (Wildman–Crippen MR) is 60.9 cm³/mol. The van der Waals surface area contributed by atoms with Crippen LogP contribution in [0.15, 0.2) is 16.6 Å². The Balaban J connectivity index is 2.98. The molecule has 0 atom stereocenters. The molecule has 0 spiro atoms. The molecule has 1 aromatic heterocycles. The van der Waals surface area contributed by atoms with E-state index in [0.29, 0.717) is 5.69 Å². The van der Waals surface area contributed by atoms with Gasteiger partial charge in [0.15, 0.2) is 0 Å². The number of benzene rings is 1. The van der Waals surface area contributed by atoms with Gasteiger partial charge in [-0.3, -0.25) is 5.10 Å². The zero-order chi connectivity index (χ0) is 8.72. The van der Waals surface area contributed by atoms with Gasteiger partial charge >= 0.3 is 0 Å². The second-order valence-electron chi connectivity index (χ2n) is 2.40. The number of nitrogens with one attached hydrogen (secondary N) is 1. The number of H-pyrrole nitrogens is 1. The van der Waals surface area contributed by atoms with Gasteiger partial charge in [-0.05, 0) is 50.7 Å². The number of hydrogen-bond acceptors (Lipinski definition) is 2. The van der Waals surface area contributed by atoms with Crippen LogP contribution in [-0.2, 0) is 0 Å². The highest BCUT2D eigenvalue weighted by Crippen LogP contribution is 2.29. The van der Waals surface area contributed by atoms with Gasteiger partial charge in [-0.25, -0.2) is 0 Å². The molecule has 2 rings (SSSR count). The van der Waals surface area contributed by atoms with E-state index in [9.17, 15) is 0 Å². The van der Waals surface area contributed by atoms with Crippen LogP contribution in [0.2, 0.25) is 0 Å². The van der Waals surface area contributed by atoms with Crippen molar-refractivity contribution >= 4 is 55.1 Å². The van der Waals surface area contributed by atoms with Crippen molar-refractivity contribution in [2.24, 2.45) is 0 Å². The van der Waals surface area contributed by atoms with Crippen molar-refractivity contribution in [3.8, 4) is 0 Å². The Morgan fingerprint density at radius 2 is 2.25 bits per heavy atom. The van der Waals surface area contributed by atoms with E-state index in [1.807, 2.05) is 12.1 Å². The lowest BCUT2D eigenvalue weighted by molar-refractivity contribution is 1.09. The smallest absolute Gasteiger partial charge is 0.117 e. The van der Waals surface area contributed by atoms with Gasteiger partial charge in [-0.1, -0.05) is 0 Å². The Bertz CT molecular complexity index is 437. The maximum Gasteiger partial charge on any atom is 0.117 e. The summed E-state index contributed by atoms with van der Waals surface area (Å²) in [5.41, 5.74) is 7.26. The topological polar surface area (TPSA) is 54.7 Å². The number of nitrogen functional groups attached to an aromatic ring is 1. The fraction of sp³-hybridized carbons (Fsp3) is 0. The summed E-state index contributed by atoms with van der Waals surface area (Å²) in [4.78, 5) is 0. The lowest BCUT2D eigenvalue weighted by atomic mass is 10.2. The Kier molecular flexibility index (Phi) is 1.99. The monoisotopic (exact) mass is 337 g/mol. The molecule has 62 valence electrons. The van der Waals surface area contributed by atoms with Crippen LogP contribution < -0.4 is 5.73 Å². The van der Waals surface area contributed by atoms with Gasteiger partial charge in [0.1, 0.15) is 9.22 Å². The number of anilines is 1. The molecule has 5 heteroatoms. The van der Waals surface area contributed by atoms with Crippen molar-refractivity contribution in [3.63, 3.8) is 0 Å². The molecule has 0 aliphatic rings. The van der Waals surface area contributed by atoms with Crippen LogP contribution in [0.25, 0.3) is 10.9 Å². The molecular formula is C7H5BrIN3. The second kappa shape index (κ2) is 2.88. The maximum absolute atomic E-state index is 5.73. The van der Waals surface area contributed by atoms with Crippen molar-refractivity contribution in [2.45, 2.75) is 0 Å². The SMILES string of the molecule is Nc1ccc(Br)c2c(I)[nH]nc12. The summed E-state index contributed by atoms with van der Waals surface area (Å²) in [5, 5.41) is 8.03. The number of aromatic amines is 1. The lowest BCUT2D eigenvalue weighted by Gasteiger charge is -1.96. The number of hydrogen-bond donors (Lipinski definition) is 2. The highest BCUT2D eigenvalue weighted by Gasteiger charge is 2.08. The van der Waals surface area contributed by atoms with Crippen LogP contribution in [0.5, 0.6) is 0 Å². The Labute approximate surface area is 91.0 Å². The van der Waals surface area contributed by atoms with E-state index in [4.69, 9.17) is 5.73 Å². The molecule has 1 heterocycles. The molecule has 0 amide bonds. The largest absolute Gasteiger partial charge is 0.397 e. The Morgan fingerprint density at radius 3 is 2.92 bits per heavy atom. The molecule has 0 bridgehead atoms. The van der Waals surface area contributed by atoms with Gasteiger partial charge in [-0.2, -0.15) is 5.10 Å². The molecule has 3 N–H and O–H groups in total. The minimum atomic E-state index is 0.701. The zero-order valence-corrected chi connectivity index (χ0v) is 9.68. The van der Waals surface area contributed by atoms with Gasteiger partial charge in [-0.15, -0.1) is 0 Å². The molecule has 0 saturated heterocycles. The van der Waals surface area contributed by atoms with Crippen LogP contribution in [0, 0.1) is 3.70 Å². The third-order valence-corrected chi connectivity index (χ3v) is 3.09. The summed E-state index contributed by atoms with van der Waals surface area (Å²) < 4.78 is 2.02. The molecule has 0 fully saturated rings. The Morgan fingerprint density at radius 1 is 1.50 bits per heavy atom. The average molecular weight is 338 g/mol. The molecule has 0 unspecified atom stereocenters. The zero-order valence-electron chi connectivity index (χ0n) is 5.94. The number of aromatic nitrogens is 2. The van der Waals surface area contributed by atoms with E-state index in [2.05, 4.69) is 48.7 Å². The van der Waals surface area contributed by atoms with Crippen LogP contribution in [0.1, 0.15) is 0 Å². The first-order valence-corrected chi connectivity index (χ1v) is 5.15. The third-order valence-electron chi connectivity index (χ3n) is 1.64. The molecule has 0 radical (unpaired) electrons. The van der Waals surface area contributed by atoms with Crippen LogP contribution in [0.3, 0.4) is 0 Å². The van der Waals surface area contributed by atoms with Crippen LogP contribution in [-0.4, -0.2) is 10.2 Å². The van der Waals surface area contributed by atoms with E-state index >= 15 is 0 Å². The molecule has 3 nitrogen and oxygen atoms in total. The van der Waals surface area contributed by atoms with Crippen molar-refractivity contribution in [1.29, 1.82) is 0 Å². The number of nitrogens with two attached hydrogens (primary N) is 1. The number of nitrogens with zero attached hydrogens (tertiary/aromatic N) is 1. The Hall–Kier alpha value is -0.300. The fourth-order valence-electron chi connectivity index (χ4n) is 1.07. The summed E-state index contributed by atoms with van der Waals surface area (Å²) in [5.74, 6) is 0. The first-order valence-electron chi connectivity index (χ1n) is 3.27. The minimum absolute atomic E-state index is 0.701.